The highest BCUT2D eigenvalue weighted by atomic mass is 79.9. The third-order valence-electron chi connectivity index (χ3n) is 3.19. The first-order valence-corrected chi connectivity index (χ1v) is 6.06. The second kappa shape index (κ2) is 3.08. The number of hydrogen-bond donors (Lipinski definition) is 0. The van der Waals surface area contributed by atoms with Crippen molar-refractivity contribution in [3.63, 3.8) is 0 Å². The van der Waals surface area contributed by atoms with E-state index in [0.29, 0.717) is 6.04 Å². The number of rotatable bonds is 1. The van der Waals surface area contributed by atoms with Crippen molar-refractivity contribution in [1.29, 1.82) is 0 Å². The summed E-state index contributed by atoms with van der Waals surface area (Å²) in [4.78, 5) is 14.1. The van der Waals surface area contributed by atoms with E-state index in [9.17, 15) is 4.79 Å². The lowest BCUT2D eigenvalue weighted by Gasteiger charge is -2.13. The first kappa shape index (κ1) is 9.40. The summed E-state index contributed by atoms with van der Waals surface area (Å²) < 4.78 is 1.07. The van der Waals surface area contributed by atoms with Crippen LogP contribution in [0.5, 0.6) is 0 Å². The van der Waals surface area contributed by atoms with E-state index in [0.717, 1.165) is 22.1 Å². The van der Waals surface area contributed by atoms with Gasteiger partial charge in [0.2, 0.25) is 0 Å². The number of aryl methyl sites for hydroxylation is 1. The topological polar surface area (TPSA) is 20.3 Å². The summed E-state index contributed by atoms with van der Waals surface area (Å²) in [6.45, 7) is 2.82. The Morgan fingerprint density at radius 2 is 2.13 bits per heavy atom. The fraction of sp³-hybridized carbons (Fsp3) is 0.417. The van der Waals surface area contributed by atoms with Crippen LogP contribution in [0.15, 0.2) is 16.6 Å². The largest absolute Gasteiger partial charge is 0.331 e. The minimum Gasteiger partial charge on any atom is -0.331 e. The molecule has 1 saturated carbocycles. The molecule has 1 amide bonds. The molecule has 0 unspecified atom stereocenters. The lowest BCUT2D eigenvalue weighted by molar-refractivity contribution is 0.0766. The number of carbonyl (C=O) groups excluding carboxylic acids is 1. The maximum atomic E-state index is 12.1. The molecule has 0 saturated heterocycles. The summed E-state index contributed by atoms with van der Waals surface area (Å²) in [7, 11) is 0. The second-order valence-corrected chi connectivity index (χ2v) is 5.34. The molecular weight excluding hydrogens is 254 g/mol. The highest BCUT2D eigenvalue weighted by Crippen LogP contribution is 2.36. The number of hydrogen-bond acceptors (Lipinski definition) is 1. The van der Waals surface area contributed by atoms with Crippen molar-refractivity contribution in [2.75, 3.05) is 0 Å². The molecule has 3 rings (SSSR count). The molecule has 0 aromatic heterocycles. The summed E-state index contributed by atoms with van der Waals surface area (Å²) in [6, 6.07) is 4.61. The molecule has 0 bridgehead atoms. The SMILES string of the molecule is Cc1cc(Br)cc2c1C(=O)N(C1CC1)C2. The van der Waals surface area contributed by atoms with Crippen LogP contribution in [0.2, 0.25) is 0 Å². The van der Waals surface area contributed by atoms with Gasteiger partial charge in [0.05, 0.1) is 0 Å². The normalized spacial score (nSPS) is 19.6. The van der Waals surface area contributed by atoms with Crippen LogP contribution in [0.25, 0.3) is 0 Å². The summed E-state index contributed by atoms with van der Waals surface area (Å²) in [6.07, 6.45) is 2.36. The lowest BCUT2D eigenvalue weighted by atomic mass is 10.0. The van der Waals surface area contributed by atoms with Gasteiger partial charge in [0.1, 0.15) is 0 Å². The van der Waals surface area contributed by atoms with E-state index < -0.39 is 0 Å². The van der Waals surface area contributed by atoms with Gasteiger partial charge >= 0.3 is 0 Å². The van der Waals surface area contributed by atoms with E-state index in [4.69, 9.17) is 0 Å². The van der Waals surface area contributed by atoms with Gasteiger partial charge in [0, 0.05) is 22.6 Å². The van der Waals surface area contributed by atoms with Gasteiger partial charge in [-0.2, -0.15) is 0 Å². The van der Waals surface area contributed by atoms with Crippen LogP contribution in [0.4, 0.5) is 0 Å². The molecule has 1 heterocycles. The summed E-state index contributed by atoms with van der Waals surface area (Å²) in [5, 5.41) is 0. The zero-order chi connectivity index (χ0) is 10.6. The van der Waals surface area contributed by atoms with Crippen molar-refractivity contribution >= 4 is 21.8 Å². The lowest BCUT2D eigenvalue weighted by Crippen LogP contribution is -2.26. The molecule has 1 aliphatic heterocycles. The molecule has 78 valence electrons. The Labute approximate surface area is 97.4 Å². The summed E-state index contributed by atoms with van der Waals surface area (Å²) in [5.41, 5.74) is 3.21. The molecule has 2 nitrogen and oxygen atoms in total. The molecule has 0 radical (unpaired) electrons. The molecule has 3 heteroatoms. The number of fused-ring (bicyclic) bond motifs is 1. The van der Waals surface area contributed by atoms with Crippen LogP contribution in [-0.2, 0) is 6.54 Å². The Hall–Kier alpha value is -0.830. The van der Waals surface area contributed by atoms with Crippen LogP contribution >= 0.6 is 15.9 Å². The van der Waals surface area contributed by atoms with Crippen LogP contribution < -0.4 is 0 Å². The fourth-order valence-electron chi connectivity index (χ4n) is 2.32. The molecule has 2 aliphatic rings. The monoisotopic (exact) mass is 265 g/mol. The Morgan fingerprint density at radius 3 is 2.80 bits per heavy atom. The van der Waals surface area contributed by atoms with Crippen LogP contribution in [0.1, 0.15) is 34.3 Å². The van der Waals surface area contributed by atoms with Crippen LogP contribution in [0, 0.1) is 6.92 Å². The average molecular weight is 266 g/mol. The van der Waals surface area contributed by atoms with E-state index in [1.807, 2.05) is 17.9 Å². The first-order chi connectivity index (χ1) is 7.16. The molecule has 1 aromatic carbocycles. The van der Waals surface area contributed by atoms with Gasteiger partial charge in [-0.3, -0.25) is 4.79 Å². The van der Waals surface area contributed by atoms with Gasteiger partial charge in [-0.05, 0) is 43.0 Å². The van der Waals surface area contributed by atoms with Crippen molar-refractivity contribution in [1.82, 2.24) is 4.90 Å². The van der Waals surface area contributed by atoms with Crippen molar-refractivity contribution in [2.45, 2.75) is 32.4 Å². The predicted molar refractivity (Wildman–Crippen MR) is 61.8 cm³/mol. The quantitative estimate of drug-likeness (QED) is 0.765. The number of halogens is 1. The standard InChI is InChI=1S/C12H12BrNO/c1-7-4-9(13)5-8-6-14(10-2-3-10)12(15)11(7)8/h4-5,10H,2-3,6H2,1H3. The molecule has 0 N–H and O–H groups in total. The summed E-state index contributed by atoms with van der Waals surface area (Å²) in [5.74, 6) is 0.234. The highest BCUT2D eigenvalue weighted by Gasteiger charge is 2.38. The highest BCUT2D eigenvalue weighted by molar-refractivity contribution is 9.10. The van der Waals surface area contributed by atoms with Gasteiger partial charge < -0.3 is 4.90 Å². The van der Waals surface area contributed by atoms with E-state index in [-0.39, 0.29) is 5.91 Å². The van der Waals surface area contributed by atoms with Gasteiger partial charge in [0.25, 0.3) is 5.91 Å². The Kier molecular flexibility index (Phi) is 1.93. The molecule has 0 atom stereocenters. The van der Waals surface area contributed by atoms with E-state index in [2.05, 4.69) is 22.0 Å². The van der Waals surface area contributed by atoms with Crippen molar-refractivity contribution in [2.24, 2.45) is 0 Å². The number of amides is 1. The maximum absolute atomic E-state index is 12.1. The second-order valence-electron chi connectivity index (χ2n) is 4.42. The Morgan fingerprint density at radius 1 is 1.40 bits per heavy atom. The Balaban J connectivity index is 2.07. The van der Waals surface area contributed by atoms with Crippen LogP contribution in [-0.4, -0.2) is 16.8 Å². The smallest absolute Gasteiger partial charge is 0.255 e. The van der Waals surface area contributed by atoms with E-state index in [1.165, 1.54) is 18.4 Å². The molecule has 1 aliphatic carbocycles. The molecule has 1 aromatic rings. The molecule has 1 fully saturated rings. The molecule has 15 heavy (non-hydrogen) atoms. The number of benzene rings is 1. The third-order valence-corrected chi connectivity index (χ3v) is 3.64. The minimum atomic E-state index is 0.234. The number of nitrogens with zero attached hydrogens (tertiary/aromatic N) is 1. The molecule has 0 spiro atoms. The van der Waals surface area contributed by atoms with E-state index in [1.54, 1.807) is 0 Å². The van der Waals surface area contributed by atoms with Crippen molar-refractivity contribution < 1.29 is 4.79 Å². The summed E-state index contributed by atoms with van der Waals surface area (Å²) >= 11 is 3.48. The minimum absolute atomic E-state index is 0.234. The van der Waals surface area contributed by atoms with E-state index >= 15 is 0 Å². The third kappa shape index (κ3) is 1.41. The van der Waals surface area contributed by atoms with Gasteiger partial charge in [-0.1, -0.05) is 15.9 Å². The average Bonchev–Trinajstić information content (AvgIpc) is 2.92. The zero-order valence-electron chi connectivity index (χ0n) is 8.59. The maximum Gasteiger partial charge on any atom is 0.255 e. The Bertz CT molecular complexity index is 451. The van der Waals surface area contributed by atoms with Crippen molar-refractivity contribution in [3.05, 3.63) is 33.3 Å². The van der Waals surface area contributed by atoms with Gasteiger partial charge in [0.15, 0.2) is 0 Å². The van der Waals surface area contributed by atoms with Crippen LogP contribution in [0.3, 0.4) is 0 Å². The van der Waals surface area contributed by atoms with Gasteiger partial charge in [-0.15, -0.1) is 0 Å². The fourth-order valence-corrected chi connectivity index (χ4v) is 2.94. The van der Waals surface area contributed by atoms with Gasteiger partial charge in [-0.25, -0.2) is 0 Å². The number of carbonyl (C=O) groups is 1. The predicted octanol–water partition coefficient (Wildman–Crippen LogP) is 2.88. The zero-order valence-corrected chi connectivity index (χ0v) is 10.2. The first-order valence-electron chi connectivity index (χ1n) is 5.27. The van der Waals surface area contributed by atoms with Crippen molar-refractivity contribution in [3.8, 4) is 0 Å². The molecular formula is C12H12BrNO.